The third kappa shape index (κ3) is 5.50. The number of fused-ring (bicyclic) bond motifs is 9. The normalized spacial score (nSPS) is 15.1. The van der Waals surface area contributed by atoms with Crippen LogP contribution in [0.5, 0.6) is 0 Å². The van der Waals surface area contributed by atoms with Crippen molar-refractivity contribution in [3.05, 3.63) is 234 Å². The van der Waals surface area contributed by atoms with E-state index in [0.29, 0.717) is 0 Å². The van der Waals surface area contributed by atoms with Gasteiger partial charge in [-0.25, -0.2) is 0 Å². The summed E-state index contributed by atoms with van der Waals surface area (Å²) in [7, 11) is 0. The molecule has 308 valence electrons. The molecule has 0 saturated heterocycles. The van der Waals surface area contributed by atoms with Gasteiger partial charge in [0.1, 0.15) is 0 Å². The van der Waals surface area contributed by atoms with Gasteiger partial charge in [0.05, 0.1) is 11.4 Å². The fourth-order valence-electron chi connectivity index (χ4n) is 11.8. The van der Waals surface area contributed by atoms with Crippen LogP contribution in [0.3, 0.4) is 0 Å². The molecule has 0 aliphatic heterocycles. The van der Waals surface area contributed by atoms with Crippen molar-refractivity contribution in [3.63, 3.8) is 0 Å². The molecule has 0 amide bonds. The van der Waals surface area contributed by atoms with Crippen molar-refractivity contribution < 1.29 is 0 Å². The highest BCUT2D eigenvalue weighted by atomic mass is 15.1. The molecule has 0 bridgehead atoms. The van der Waals surface area contributed by atoms with Gasteiger partial charge < -0.3 is 4.90 Å². The van der Waals surface area contributed by atoms with Crippen molar-refractivity contribution in [2.24, 2.45) is 0 Å². The van der Waals surface area contributed by atoms with Crippen molar-refractivity contribution >= 4 is 17.1 Å². The molecule has 12 rings (SSSR count). The van der Waals surface area contributed by atoms with Gasteiger partial charge in [-0.05, 0) is 125 Å². The van der Waals surface area contributed by atoms with Crippen molar-refractivity contribution in [2.45, 2.75) is 57.8 Å². The summed E-state index contributed by atoms with van der Waals surface area (Å²) in [6, 6.07) is 75.2. The van der Waals surface area contributed by atoms with Crippen LogP contribution in [0.1, 0.15) is 74.9 Å². The van der Waals surface area contributed by atoms with Gasteiger partial charge >= 0.3 is 0 Å². The van der Waals surface area contributed by atoms with Crippen molar-refractivity contribution in [1.29, 1.82) is 0 Å². The summed E-state index contributed by atoms with van der Waals surface area (Å²) in [5.74, 6) is 0. The van der Waals surface area contributed by atoms with E-state index in [4.69, 9.17) is 0 Å². The Morgan fingerprint density at radius 2 is 0.641 bits per heavy atom. The van der Waals surface area contributed by atoms with Gasteiger partial charge in [-0.3, -0.25) is 0 Å². The predicted octanol–water partition coefficient (Wildman–Crippen LogP) is 17.1. The first-order valence-electron chi connectivity index (χ1n) is 22.8. The minimum absolute atomic E-state index is 0.0603. The molecule has 0 saturated carbocycles. The van der Waals surface area contributed by atoms with E-state index in [2.05, 4.69) is 247 Å². The molecule has 1 nitrogen and oxygen atoms in total. The topological polar surface area (TPSA) is 3.24 Å². The number of benzene rings is 9. The molecule has 0 N–H and O–H groups in total. The van der Waals surface area contributed by atoms with E-state index in [1.54, 1.807) is 0 Å². The van der Waals surface area contributed by atoms with E-state index >= 15 is 0 Å². The number of rotatable bonds is 6. The fraction of sp³-hybridized carbons (Fsp3) is 0.143. The van der Waals surface area contributed by atoms with Crippen LogP contribution < -0.4 is 4.90 Å². The van der Waals surface area contributed by atoms with E-state index in [-0.39, 0.29) is 16.2 Å². The molecule has 0 fully saturated rings. The molecule has 1 heteroatoms. The fourth-order valence-corrected chi connectivity index (χ4v) is 11.8. The summed E-state index contributed by atoms with van der Waals surface area (Å²) in [6.45, 7) is 14.2. The van der Waals surface area contributed by atoms with Crippen molar-refractivity contribution in [1.82, 2.24) is 0 Å². The van der Waals surface area contributed by atoms with Gasteiger partial charge in [0.25, 0.3) is 0 Å². The summed E-state index contributed by atoms with van der Waals surface area (Å²) < 4.78 is 0. The van der Waals surface area contributed by atoms with E-state index in [1.807, 2.05) is 0 Å². The first-order valence-corrected chi connectivity index (χ1v) is 22.8. The molecule has 0 spiro atoms. The van der Waals surface area contributed by atoms with E-state index in [1.165, 1.54) is 100 Å². The lowest BCUT2D eigenvalue weighted by Gasteiger charge is -2.32. The number of hydrogen-bond donors (Lipinski definition) is 0. The summed E-state index contributed by atoms with van der Waals surface area (Å²) in [4.78, 5) is 2.51. The third-order valence-electron chi connectivity index (χ3n) is 15.1. The van der Waals surface area contributed by atoms with Crippen LogP contribution in [0.2, 0.25) is 0 Å². The second kappa shape index (κ2) is 13.9. The zero-order valence-electron chi connectivity index (χ0n) is 37.5. The Kier molecular flexibility index (Phi) is 8.35. The average molecular weight is 822 g/mol. The minimum atomic E-state index is -0.166. The number of para-hydroxylation sites is 2. The maximum Gasteiger partial charge on any atom is 0.0540 e. The lowest BCUT2D eigenvalue weighted by atomic mass is 9.78. The largest absolute Gasteiger partial charge is 0.309 e. The molecule has 9 aromatic carbocycles. The summed E-state index contributed by atoms with van der Waals surface area (Å²) in [6.07, 6.45) is 0. The molecule has 0 atom stereocenters. The second-order valence-corrected chi connectivity index (χ2v) is 19.7. The van der Waals surface area contributed by atoms with E-state index < -0.39 is 0 Å². The highest BCUT2D eigenvalue weighted by Gasteiger charge is 2.39. The Labute approximate surface area is 378 Å². The zero-order valence-corrected chi connectivity index (χ0v) is 37.5. The lowest BCUT2D eigenvalue weighted by molar-refractivity contribution is 0.660. The van der Waals surface area contributed by atoms with Crippen molar-refractivity contribution in [3.8, 4) is 66.8 Å². The molecule has 0 heterocycles. The van der Waals surface area contributed by atoms with Crippen LogP contribution >= 0.6 is 0 Å². The Morgan fingerprint density at radius 1 is 0.266 bits per heavy atom. The predicted molar refractivity (Wildman–Crippen MR) is 270 cm³/mol. The molecular weight excluding hydrogens is 771 g/mol. The average Bonchev–Trinajstić information content (AvgIpc) is 3.82. The summed E-state index contributed by atoms with van der Waals surface area (Å²) in [5, 5.41) is 0. The highest BCUT2D eigenvalue weighted by Crippen LogP contribution is 2.56. The maximum atomic E-state index is 2.51. The first-order chi connectivity index (χ1) is 31.0. The van der Waals surface area contributed by atoms with Crippen LogP contribution in [0.25, 0.3) is 66.8 Å². The van der Waals surface area contributed by atoms with Gasteiger partial charge in [-0.1, -0.05) is 205 Å². The Morgan fingerprint density at radius 3 is 1.22 bits per heavy atom. The van der Waals surface area contributed by atoms with Gasteiger partial charge in [0.15, 0.2) is 0 Å². The van der Waals surface area contributed by atoms with Gasteiger partial charge in [-0.15, -0.1) is 0 Å². The van der Waals surface area contributed by atoms with Gasteiger partial charge in [0, 0.05) is 33.1 Å². The minimum Gasteiger partial charge on any atom is -0.309 e. The first kappa shape index (κ1) is 38.5. The summed E-state index contributed by atoms with van der Waals surface area (Å²) >= 11 is 0. The molecule has 9 aromatic rings. The second-order valence-electron chi connectivity index (χ2n) is 19.7. The SMILES string of the molecule is CC1(C)c2ccccc2-c2ccc(-c3ccc(N(c4ccccc4-c4ccc5c(c4)C(C)(C)c4ccccc4-5)c4ccccc4-c4cccc5c4C(C)(C)c4ccccc4-5)cc3)cc21. The Hall–Kier alpha value is -7.22. The molecule has 0 radical (unpaired) electrons. The number of nitrogens with zero attached hydrogens (tertiary/aromatic N) is 1. The number of anilines is 3. The molecule has 0 aromatic heterocycles. The smallest absolute Gasteiger partial charge is 0.0540 e. The number of hydrogen-bond acceptors (Lipinski definition) is 1. The molecular formula is C63H51N. The quantitative estimate of drug-likeness (QED) is 0.161. The van der Waals surface area contributed by atoms with Crippen LogP contribution in [0, 0.1) is 0 Å². The van der Waals surface area contributed by atoms with Gasteiger partial charge in [0.2, 0.25) is 0 Å². The Balaban J connectivity index is 1.03. The molecule has 3 aliphatic carbocycles. The highest BCUT2D eigenvalue weighted by molar-refractivity contribution is 5.98. The molecule has 64 heavy (non-hydrogen) atoms. The van der Waals surface area contributed by atoms with Crippen LogP contribution in [-0.2, 0) is 16.2 Å². The standard InChI is InChI=1S/C63H51N/c1-61(2)53-25-12-7-19-45(53)48-36-32-41(38-56(48)61)40-30-34-43(35-31-40)64(58-28-15-10-18-44(58)42-33-37-49-46-20-8-13-26-54(46)62(3,4)57(49)39-42)59-29-16-11-22-50(59)52-24-17-23-51-47-21-9-14-27-55(47)63(5,6)60(51)52/h7-39H,1-6H3. The third-order valence-corrected chi connectivity index (χ3v) is 15.1. The van der Waals surface area contributed by atoms with Crippen molar-refractivity contribution in [2.75, 3.05) is 4.90 Å². The Bertz CT molecular complexity index is 3360. The monoisotopic (exact) mass is 821 g/mol. The van der Waals surface area contributed by atoms with Gasteiger partial charge in [-0.2, -0.15) is 0 Å². The molecule has 3 aliphatic rings. The van der Waals surface area contributed by atoms with E-state index in [0.717, 1.165) is 17.1 Å². The van der Waals surface area contributed by atoms with Crippen LogP contribution in [0.15, 0.2) is 200 Å². The van der Waals surface area contributed by atoms with Crippen LogP contribution in [-0.4, -0.2) is 0 Å². The lowest BCUT2D eigenvalue weighted by Crippen LogP contribution is -2.17. The zero-order chi connectivity index (χ0) is 43.5. The summed E-state index contributed by atoms with van der Waals surface area (Å²) in [5.41, 5.74) is 26.8. The van der Waals surface area contributed by atoms with E-state index in [9.17, 15) is 0 Å². The van der Waals surface area contributed by atoms with Crippen LogP contribution in [0.4, 0.5) is 17.1 Å². The maximum absolute atomic E-state index is 2.51. The molecule has 0 unspecified atom stereocenters.